The third-order valence-electron chi connectivity index (χ3n) is 3.65. The number of carbonyl (C=O) groups is 1. The maximum atomic E-state index is 12.9. The Hall–Kier alpha value is -1.68. The fourth-order valence-corrected chi connectivity index (χ4v) is 3.47. The van der Waals surface area contributed by atoms with Crippen molar-refractivity contribution >= 4 is 17.2 Å². The van der Waals surface area contributed by atoms with Crippen LogP contribution in [0.25, 0.3) is 10.4 Å². The summed E-state index contributed by atoms with van der Waals surface area (Å²) in [5.74, 6) is -0.236. The summed E-state index contributed by atoms with van der Waals surface area (Å²) in [6.45, 7) is 0. The summed E-state index contributed by atoms with van der Waals surface area (Å²) in [5.41, 5.74) is 0.941. The second-order valence-electron chi connectivity index (χ2n) is 5.13. The molecule has 1 fully saturated rings. The number of hydrogen-bond donors (Lipinski definition) is 1. The van der Waals surface area contributed by atoms with Crippen molar-refractivity contribution in [1.29, 1.82) is 0 Å². The zero-order valence-corrected chi connectivity index (χ0v) is 11.9. The van der Waals surface area contributed by atoms with Crippen molar-refractivity contribution in [3.63, 3.8) is 0 Å². The summed E-state index contributed by atoms with van der Waals surface area (Å²) in [5, 5.41) is 3.08. The highest BCUT2D eigenvalue weighted by molar-refractivity contribution is 7.17. The first-order chi connectivity index (χ1) is 9.72. The second-order valence-corrected chi connectivity index (χ2v) is 6.21. The van der Waals surface area contributed by atoms with Crippen LogP contribution in [0, 0.1) is 5.82 Å². The number of hydrogen-bond acceptors (Lipinski definition) is 2. The van der Waals surface area contributed by atoms with E-state index in [1.54, 1.807) is 12.1 Å². The normalized spacial score (nSPS) is 15.4. The number of thiophene rings is 1. The lowest BCUT2D eigenvalue weighted by molar-refractivity contribution is 0.0942. The first-order valence-corrected chi connectivity index (χ1v) is 7.71. The minimum atomic E-state index is -0.246. The average molecular weight is 289 g/mol. The maximum Gasteiger partial charge on any atom is 0.261 e. The van der Waals surface area contributed by atoms with Crippen LogP contribution in [0.3, 0.4) is 0 Å². The monoisotopic (exact) mass is 289 g/mol. The molecule has 0 atom stereocenters. The molecule has 3 rings (SSSR count). The Balaban J connectivity index is 1.72. The second kappa shape index (κ2) is 5.75. The van der Waals surface area contributed by atoms with Crippen molar-refractivity contribution in [2.75, 3.05) is 0 Å². The van der Waals surface area contributed by atoms with Gasteiger partial charge in [-0.15, -0.1) is 11.3 Å². The van der Waals surface area contributed by atoms with Gasteiger partial charge in [-0.25, -0.2) is 4.39 Å². The third kappa shape index (κ3) is 2.90. The lowest BCUT2D eigenvalue weighted by atomic mass is 10.2. The van der Waals surface area contributed by atoms with Gasteiger partial charge in [-0.05, 0) is 42.7 Å². The quantitative estimate of drug-likeness (QED) is 0.900. The van der Waals surface area contributed by atoms with E-state index in [9.17, 15) is 9.18 Å². The van der Waals surface area contributed by atoms with Crippen LogP contribution < -0.4 is 5.32 Å². The summed E-state index contributed by atoms with van der Waals surface area (Å²) >= 11 is 1.45. The fourth-order valence-electron chi connectivity index (χ4n) is 2.56. The van der Waals surface area contributed by atoms with Gasteiger partial charge in [0.15, 0.2) is 0 Å². The van der Waals surface area contributed by atoms with Crippen molar-refractivity contribution in [2.24, 2.45) is 0 Å². The molecule has 0 bridgehead atoms. The van der Waals surface area contributed by atoms with Crippen molar-refractivity contribution in [2.45, 2.75) is 31.7 Å². The van der Waals surface area contributed by atoms with Crippen molar-refractivity contribution in [1.82, 2.24) is 5.32 Å². The molecule has 1 aliphatic carbocycles. The summed E-state index contributed by atoms with van der Waals surface area (Å²) in [7, 11) is 0. The maximum absolute atomic E-state index is 12.9. The molecule has 1 amide bonds. The molecule has 0 aliphatic heterocycles. The Labute approximate surface area is 121 Å². The molecule has 1 saturated carbocycles. The zero-order chi connectivity index (χ0) is 13.9. The van der Waals surface area contributed by atoms with E-state index in [-0.39, 0.29) is 11.7 Å². The van der Waals surface area contributed by atoms with Gasteiger partial charge in [0.2, 0.25) is 0 Å². The Morgan fingerprint density at radius 3 is 2.50 bits per heavy atom. The fraction of sp³-hybridized carbons (Fsp3) is 0.312. The van der Waals surface area contributed by atoms with Crippen LogP contribution in [0.4, 0.5) is 4.39 Å². The van der Waals surface area contributed by atoms with Gasteiger partial charge in [-0.1, -0.05) is 25.0 Å². The Bertz CT molecular complexity index is 599. The van der Waals surface area contributed by atoms with Crippen LogP contribution >= 0.6 is 11.3 Å². The van der Waals surface area contributed by atoms with Gasteiger partial charge < -0.3 is 5.32 Å². The molecule has 0 saturated heterocycles. The van der Waals surface area contributed by atoms with Crippen LogP contribution in [-0.4, -0.2) is 11.9 Å². The van der Waals surface area contributed by atoms with E-state index in [1.807, 2.05) is 12.1 Å². The average Bonchev–Trinajstić information content (AvgIpc) is 3.10. The predicted molar refractivity (Wildman–Crippen MR) is 79.4 cm³/mol. The van der Waals surface area contributed by atoms with E-state index in [1.165, 1.54) is 36.3 Å². The van der Waals surface area contributed by atoms with E-state index in [4.69, 9.17) is 0 Å². The van der Waals surface area contributed by atoms with Crippen LogP contribution in [-0.2, 0) is 0 Å². The first-order valence-electron chi connectivity index (χ1n) is 6.89. The molecule has 104 valence electrons. The number of nitrogens with one attached hydrogen (secondary N) is 1. The van der Waals surface area contributed by atoms with Crippen molar-refractivity contribution in [3.8, 4) is 10.4 Å². The van der Waals surface area contributed by atoms with Gasteiger partial charge in [-0.3, -0.25) is 4.79 Å². The van der Waals surface area contributed by atoms with Gasteiger partial charge in [0.05, 0.1) is 4.88 Å². The van der Waals surface area contributed by atoms with Gasteiger partial charge in [0, 0.05) is 10.9 Å². The smallest absolute Gasteiger partial charge is 0.261 e. The summed E-state index contributed by atoms with van der Waals surface area (Å²) in [6.07, 6.45) is 4.58. The molecule has 20 heavy (non-hydrogen) atoms. The van der Waals surface area contributed by atoms with E-state index in [2.05, 4.69) is 5.32 Å². The van der Waals surface area contributed by atoms with Crippen LogP contribution in [0.5, 0.6) is 0 Å². The van der Waals surface area contributed by atoms with Crippen molar-refractivity contribution < 1.29 is 9.18 Å². The minimum Gasteiger partial charge on any atom is -0.349 e. The third-order valence-corrected chi connectivity index (χ3v) is 4.78. The van der Waals surface area contributed by atoms with Crippen molar-refractivity contribution in [3.05, 3.63) is 47.1 Å². The molecule has 0 radical (unpaired) electrons. The molecule has 1 N–H and O–H groups in total. The number of rotatable bonds is 3. The molecule has 4 heteroatoms. The summed E-state index contributed by atoms with van der Waals surface area (Å²) < 4.78 is 12.9. The summed E-state index contributed by atoms with van der Waals surface area (Å²) in [6, 6.07) is 10.4. The molecule has 1 aromatic carbocycles. The van der Waals surface area contributed by atoms with Crippen LogP contribution in [0.15, 0.2) is 36.4 Å². The predicted octanol–water partition coefficient (Wildman–Crippen LogP) is 4.23. The first kappa shape index (κ1) is 13.3. The highest BCUT2D eigenvalue weighted by Crippen LogP contribution is 2.28. The van der Waals surface area contributed by atoms with Gasteiger partial charge in [-0.2, -0.15) is 0 Å². The Morgan fingerprint density at radius 2 is 1.80 bits per heavy atom. The minimum absolute atomic E-state index is 0.00950. The summed E-state index contributed by atoms with van der Waals surface area (Å²) in [4.78, 5) is 13.8. The molecule has 2 nitrogen and oxygen atoms in total. The highest BCUT2D eigenvalue weighted by Gasteiger charge is 2.19. The Kier molecular flexibility index (Phi) is 3.83. The largest absolute Gasteiger partial charge is 0.349 e. The molecule has 0 unspecified atom stereocenters. The molecular weight excluding hydrogens is 273 g/mol. The van der Waals surface area contributed by atoms with Gasteiger partial charge in [0.1, 0.15) is 5.82 Å². The number of halogens is 1. The standard InChI is InChI=1S/C16H16FNOS/c17-12-7-5-11(6-8-12)14-9-10-15(20-14)16(19)18-13-3-1-2-4-13/h5-10,13H,1-4H2,(H,18,19). The Morgan fingerprint density at radius 1 is 1.10 bits per heavy atom. The highest BCUT2D eigenvalue weighted by atomic mass is 32.1. The lowest BCUT2D eigenvalue weighted by Crippen LogP contribution is -2.31. The topological polar surface area (TPSA) is 29.1 Å². The molecule has 1 aromatic heterocycles. The molecule has 1 aliphatic rings. The van der Waals surface area contributed by atoms with E-state index >= 15 is 0 Å². The molecule has 1 heterocycles. The van der Waals surface area contributed by atoms with E-state index in [0.29, 0.717) is 6.04 Å². The number of amides is 1. The molecule has 0 spiro atoms. The number of benzene rings is 1. The zero-order valence-electron chi connectivity index (χ0n) is 11.1. The molecular formula is C16H16FNOS. The van der Waals surface area contributed by atoms with E-state index in [0.717, 1.165) is 28.2 Å². The van der Waals surface area contributed by atoms with Gasteiger partial charge in [0.25, 0.3) is 5.91 Å². The van der Waals surface area contributed by atoms with Crippen LogP contribution in [0.2, 0.25) is 0 Å². The SMILES string of the molecule is O=C(NC1CCCC1)c1ccc(-c2ccc(F)cc2)s1. The van der Waals surface area contributed by atoms with E-state index < -0.39 is 0 Å². The number of carbonyl (C=O) groups excluding carboxylic acids is 1. The van der Waals surface area contributed by atoms with Crippen LogP contribution in [0.1, 0.15) is 35.4 Å². The molecule has 2 aromatic rings. The lowest BCUT2D eigenvalue weighted by Gasteiger charge is -2.10. The van der Waals surface area contributed by atoms with Gasteiger partial charge >= 0.3 is 0 Å².